The fourth-order valence-corrected chi connectivity index (χ4v) is 3.04. The summed E-state index contributed by atoms with van der Waals surface area (Å²) in [5.74, 6) is 1.60. The van der Waals surface area contributed by atoms with E-state index in [0.717, 1.165) is 5.56 Å². The van der Waals surface area contributed by atoms with Gasteiger partial charge in [-0.15, -0.1) is 0 Å². The molecule has 0 aliphatic rings. The maximum atomic E-state index is 12.2. The summed E-state index contributed by atoms with van der Waals surface area (Å²) in [6, 6.07) is 16.3. The van der Waals surface area contributed by atoms with Gasteiger partial charge in [-0.3, -0.25) is 9.36 Å². The molecule has 4 rings (SSSR count). The van der Waals surface area contributed by atoms with Gasteiger partial charge in [-0.05, 0) is 48.4 Å². The van der Waals surface area contributed by atoms with Crippen LogP contribution in [-0.2, 0) is 11.2 Å². The number of hydrogen-bond donors (Lipinski definition) is 1. The van der Waals surface area contributed by atoms with Gasteiger partial charge in [0, 0.05) is 35.6 Å². The van der Waals surface area contributed by atoms with Gasteiger partial charge in [0.15, 0.2) is 0 Å². The van der Waals surface area contributed by atoms with Crippen LogP contribution in [0.3, 0.4) is 0 Å². The second-order valence-electron chi connectivity index (χ2n) is 6.49. The number of aromatic nitrogens is 4. The van der Waals surface area contributed by atoms with E-state index in [0.29, 0.717) is 41.0 Å². The Morgan fingerprint density at radius 2 is 1.97 bits per heavy atom. The fourth-order valence-electron chi connectivity index (χ4n) is 2.82. The van der Waals surface area contributed by atoms with Gasteiger partial charge in [0.25, 0.3) is 0 Å². The van der Waals surface area contributed by atoms with Crippen LogP contribution in [0.25, 0.3) is 5.82 Å². The normalized spacial score (nSPS) is 10.6. The van der Waals surface area contributed by atoms with Gasteiger partial charge in [0.2, 0.25) is 11.8 Å². The number of imidazole rings is 1. The predicted molar refractivity (Wildman–Crippen MR) is 114 cm³/mol. The standard InChI is InChI=1S/C22H18ClN5O2/c23-17-3-1-2-16(12-17)4-9-21(29)27-18-5-7-19(8-6-18)30-22-13-20(25-14-26-22)28-11-10-24-15-28/h1-3,5-8,10-15H,4,9H2,(H,27,29). The number of rotatable bonds is 7. The van der Waals surface area contributed by atoms with Gasteiger partial charge in [-0.2, -0.15) is 0 Å². The Bertz CT molecular complexity index is 1130. The van der Waals surface area contributed by atoms with Crippen LogP contribution < -0.4 is 10.1 Å². The molecule has 0 spiro atoms. The number of carbonyl (C=O) groups is 1. The molecule has 0 aliphatic heterocycles. The molecule has 2 heterocycles. The third-order valence-corrected chi connectivity index (χ3v) is 4.52. The minimum Gasteiger partial charge on any atom is -0.439 e. The van der Waals surface area contributed by atoms with E-state index in [-0.39, 0.29) is 5.91 Å². The van der Waals surface area contributed by atoms with Crippen molar-refractivity contribution in [3.63, 3.8) is 0 Å². The average molecular weight is 420 g/mol. The zero-order valence-electron chi connectivity index (χ0n) is 15.9. The molecular weight excluding hydrogens is 402 g/mol. The smallest absolute Gasteiger partial charge is 0.224 e. The first-order valence-corrected chi connectivity index (χ1v) is 9.66. The Labute approximate surface area is 178 Å². The molecule has 0 atom stereocenters. The molecule has 1 N–H and O–H groups in total. The number of amides is 1. The van der Waals surface area contributed by atoms with Crippen LogP contribution in [0.5, 0.6) is 11.6 Å². The van der Waals surface area contributed by atoms with Crippen molar-refractivity contribution in [3.8, 4) is 17.4 Å². The number of nitrogens with zero attached hydrogens (tertiary/aromatic N) is 4. The van der Waals surface area contributed by atoms with E-state index in [9.17, 15) is 4.79 Å². The SMILES string of the molecule is O=C(CCc1cccc(Cl)c1)Nc1ccc(Oc2cc(-n3ccnc3)ncn2)cc1. The molecular formula is C22H18ClN5O2. The third-order valence-electron chi connectivity index (χ3n) is 4.29. The summed E-state index contributed by atoms with van der Waals surface area (Å²) < 4.78 is 7.54. The number of carbonyl (C=O) groups excluding carboxylic acids is 1. The second kappa shape index (κ2) is 9.19. The van der Waals surface area contributed by atoms with Crippen LogP contribution in [0.15, 0.2) is 79.6 Å². The summed E-state index contributed by atoms with van der Waals surface area (Å²) in [7, 11) is 0. The highest BCUT2D eigenvalue weighted by atomic mass is 35.5. The van der Waals surface area contributed by atoms with E-state index in [1.807, 2.05) is 24.3 Å². The lowest BCUT2D eigenvalue weighted by molar-refractivity contribution is -0.116. The fraction of sp³-hybridized carbons (Fsp3) is 0.0909. The van der Waals surface area contributed by atoms with Crippen molar-refractivity contribution in [1.29, 1.82) is 0 Å². The van der Waals surface area contributed by atoms with E-state index in [1.165, 1.54) is 6.33 Å². The van der Waals surface area contributed by atoms with Crippen molar-refractivity contribution in [2.24, 2.45) is 0 Å². The lowest BCUT2D eigenvalue weighted by Crippen LogP contribution is -2.12. The summed E-state index contributed by atoms with van der Waals surface area (Å²) in [6.07, 6.45) is 7.53. The molecule has 0 aliphatic carbocycles. The van der Waals surface area contributed by atoms with Crippen LogP contribution in [0.2, 0.25) is 5.02 Å². The van der Waals surface area contributed by atoms with Gasteiger partial charge in [0.1, 0.15) is 24.2 Å². The maximum absolute atomic E-state index is 12.2. The minimum absolute atomic E-state index is 0.0654. The first-order chi connectivity index (χ1) is 14.7. The zero-order valence-corrected chi connectivity index (χ0v) is 16.7. The predicted octanol–water partition coefficient (Wildman–Crippen LogP) is 4.68. The van der Waals surface area contributed by atoms with E-state index >= 15 is 0 Å². The molecule has 0 unspecified atom stereocenters. The van der Waals surface area contributed by atoms with Crippen molar-refractivity contribution >= 4 is 23.2 Å². The summed E-state index contributed by atoms with van der Waals surface area (Å²) in [4.78, 5) is 24.5. The highest BCUT2D eigenvalue weighted by molar-refractivity contribution is 6.30. The summed E-state index contributed by atoms with van der Waals surface area (Å²) in [5.41, 5.74) is 1.72. The Hall–Kier alpha value is -3.71. The van der Waals surface area contributed by atoms with Crippen molar-refractivity contribution in [2.75, 3.05) is 5.32 Å². The van der Waals surface area contributed by atoms with Gasteiger partial charge < -0.3 is 10.1 Å². The van der Waals surface area contributed by atoms with Gasteiger partial charge >= 0.3 is 0 Å². The van der Waals surface area contributed by atoms with E-state index < -0.39 is 0 Å². The Morgan fingerprint density at radius 3 is 2.73 bits per heavy atom. The van der Waals surface area contributed by atoms with E-state index in [4.69, 9.17) is 16.3 Å². The van der Waals surface area contributed by atoms with Crippen LogP contribution in [0, 0.1) is 0 Å². The largest absolute Gasteiger partial charge is 0.439 e. The molecule has 0 fully saturated rings. The summed E-state index contributed by atoms with van der Waals surface area (Å²) >= 11 is 5.97. The molecule has 0 radical (unpaired) electrons. The third kappa shape index (κ3) is 5.21. The number of anilines is 1. The first-order valence-electron chi connectivity index (χ1n) is 9.28. The van der Waals surface area contributed by atoms with Gasteiger partial charge in [-0.25, -0.2) is 15.0 Å². The molecule has 4 aromatic rings. The lowest BCUT2D eigenvalue weighted by Gasteiger charge is -2.08. The van der Waals surface area contributed by atoms with E-state index in [2.05, 4.69) is 20.3 Å². The minimum atomic E-state index is -0.0654. The Balaban J connectivity index is 1.33. The number of benzene rings is 2. The summed E-state index contributed by atoms with van der Waals surface area (Å²) in [6.45, 7) is 0. The second-order valence-corrected chi connectivity index (χ2v) is 6.93. The highest BCUT2D eigenvalue weighted by Gasteiger charge is 2.06. The molecule has 8 heteroatoms. The van der Waals surface area contributed by atoms with Crippen molar-refractivity contribution < 1.29 is 9.53 Å². The molecule has 0 saturated carbocycles. The molecule has 0 saturated heterocycles. The number of ether oxygens (including phenoxy) is 1. The Morgan fingerprint density at radius 1 is 1.10 bits per heavy atom. The molecule has 1 amide bonds. The molecule has 7 nitrogen and oxygen atoms in total. The van der Waals surface area contributed by atoms with Crippen LogP contribution >= 0.6 is 11.6 Å². The van der Waals surface area contributed by atoms with E-state index in [1.54, 1.807) is 53.6 Å². The molecule has 30 heavy (non-hydrogen) atoms. The number of halogens is 1. The lowest BCUT2D eigenvalue weighted by atomic mass is 10.1. The number of nitrogens with one attached hydrogen (secondary N) is 1. The van der Waals surface area contributed by atoms with Crippen molar-refractivity contribution in [3.05, 3.63) is 90.2 Å². The van der Waals surface area contributed by atoms with Crippen molar-refractivity contribution in [2.45, 2.75) is 12.8 Å². The Kier molecular flexibility index (Phi) is 6.01. The highest BCUT2D eigenvalue weighted by Crippen LogP contribution is 2.22. The molecule has 2 aromatic heterocycles. The molecule has 150 valence electrons. The number of aryl methyl sites for hydroxylation is 1. The quantitative estimate of drug-likeness (QED) is 0.470. The average Bonchev–Trinajstić information content (AvgIpc) is 3.29. The molecule has 0 bridgehead atoms. The first kappa shape index (κ1) is 19.6. The van der Waals surface area contributed by atoms with Crippen molar-refractivity contribution in [1.82, 2.24) is 19.5 Å². The van der Waals surface area contributed by atoms with Crippen LogP contribution in [0.4, 0.5) is 5.69 Å². The molecule has 2 aromatic carbocycles. The zero-order chi connectivity index (χ0) is 20.8. The summed E-state index contributed by atoms with van der Waals surface area (Å²) in [5, 5.41) is 3.55. The maximum Gasteiger partial charge on any atom is 0.224 e. The van der Waals surface area contributed by atoms with Crippen LogP contribution in [-0.4, -0.2) is 25.4 Å². The van der Waals surface area contributed by atoms with Crippen LogP contribution in [0.1, 0.15) is 12.0 Å². The van der Waals surface area contributed by atoms with Gasteiger partial charge in [-0.1, -0.05) is 23.7 Å². The van der Waals surface area contributed by atoms with Gasteiger partial charge in [0.05, 0.1) is 0 Å². The topological polar surface area (TPSA) is 81.9 Å². The monoisotopic (exact) mass is 419 g/mol. The number of hydrogen-bond acceptors (Lipinski definition) is 5.